The number of likely N-dealkylation sites (N-methyl/N-ethyl adjacent to an activating group) is 1. The third-order valence-corrected chi connectivity index (χ3v) is 5.21. The summed E-state index contributed by atoms with van der Waals surface area (Å²) in [4.78, 5) is 17.5. The van der Waals surface area contributed by atoms with E-state index in [1.165, 1.54) is 12.8 Å². The van der Waals surface area contributed by atoms with Crippen molar-refractivity contribution in [1.82, 2.24) is 9.80 Å². The molecule has 0 bridgehead atoms. The highest BCUT2D eigenvalue weighted by Gasteiger charge is 2.30. The summed E-state index contributed by atoms with van der Waals surface area (Å²) in [6.45, 7) is 11.4. The number of carbonyl (C=O) groups is 1. The number of likely N-dealkylation sites (tertiary alicyclic amines) is 1. The van der Waals surface area contributed by atoms with Crippen LogP contribution < -0.4 is 4.74 Å². The van der Waals surface area contributed by atoms with Gasteiger partial charge in [-0.25, -0.2) is 0 Å². The van der Waals surface area contributed by atoms with Gasteiger partial charge in [0.15, 0.2) is 0 Å². The second kappa shape index (κ2) is 11.2. The molecule has 0 N–H and O–H groups in total. The molecule has 0 saturated carbocycles. The van der Waals surface area contributed by atoms with E-state index in [1.807, 2.05) is 24.3 Å². The molecule has 4 heteroatoms. The first-order valence-electron chi connectivity index (χ1n) is 10.5. The molecule has 146 valence electrons. The van der Waals surface area contributed by atoms with Crippen molar-refractivity contribution in [3.8, 4) is 5.75 Å². The van der Waals surface area contributed by atoms with E-state index in [9.17, 15) is 4.79 Å². The number of hydrogen-bond acceptors (Lipinski definition) is 3. The van der Waals surface area contributed by atoms with Crippen molar-refractivity contribution in [2.45, 2.75) is 65.3 Å². The number of benzene rings is 1. The molecule has 4 nitrogen and oxygen atoms in total. The Balaban J connectivity index is 1.92. The molecule has 1 saturated heterocycles. The van der Waals surface area contributed by atoms with Crippen LogP contribution in [0.3, 0.4) is 0 Å². The normalized spacial score (nSPS) is 17.1. The molecular weight excluding hydrogens is 324 g/mol. The molecule has 0 spiro atoms. The van der Waals surface area contributed by atoms with Gasteiger partial charge in [0.25, 0.3) is 5.91 Å². The minimum Gasteiger partial charge on any atom is -0.494 e. The van der Waals surface area contributed by atoms with Crippen LogP contribution in [0, 0.1) is 0 Å². The Kier molecular flexibility index (Phi) is 8.96. The van der Waals surface area contributed by atoms with Gasteiger partial charge < -0.3 is 14.5 Å². The molecule has 1 heterocycles. The summed E-state index contributed by atoms with van der Waals surface area (Å²) in [5.41, 5.74) is 0.774. The van der Waals surface area contributed by atoms with Crippen LogP contribution in [0.25, 0.3) is 0 Å². The molecule has 1 amide bonds. The minimum atomic E-state index is 0.164. The second-order valence-corrected chi connectivity index (χ2v) is 7.27. The summed E-state index contributed by atoms with van der Waals surface area (Å²) in [6, 6.07) is 8.03. The van der Waals surface area contributed by atoms with Gasteiger partial charge in [0.1, 0.15) is 5.75 Å². The Labute approximate surface area is 159 Å². The van der Waals surface area contributed by atoms with Crippen LogP contribution in [-0.4, -0.2) is 54.5 Å². The SMILES string of the molecule is CCCCCOc1ccc(C(=O)N2CCCC2CN(CC)CCC)cc1. The first-order chi connectivity index (χ1) is 12.7. The van der Waals surface area contributed by atoms with Crippen LogP contribution in [-0.2, 0) is 0 Å². The molecule has 1 fully saturated rings. The number of ether oxygens (including phenoxy) is 1. The summed E-state index contributed by atoms with van der Waals surface area (Å²) < 4.78 is 5.75. The molecule has 0 radical (unpaired) electrons. The molecule has 0 aromatic heterocycles. The maximum atomic E-state index is 13.0. The third kappa shape index (κ3) is 6.01. The van der Waals surface area contributed by atoms with Crippen molar-refractivity contribution in [3.63, 3.8) is 0 Å². The highest BCUT2D eigenvalue weighted by molar-refractivity contribution is 5.94. The van der Waals surface area contributed by atoms with Gasteiger partial charge in [-0.05, 0) is 63.0 Å². The van der Waals surface area contributed by atoms with Crippen molar-refractivity contribution in [2.75, 3.05) is 32.8 Å². The molecule has 0 aliphatic carbocycles. The first kappa shape index (κ1) is 20.8. The molecule has 1 aliphatic rings. The molecule has 26 heavy (non-hydrogen) atoms. The Hall–Kier alpha value is -1.55. The maximum absolute atomic E-state index is 13.0. The number of hydrogen-bond donors (Lipinski definition) is 0. The van der Waals surface area contributed by atoms with Gasteiger partial charge in [-0.15, -0.1) is 0 Å². The molecule has 1 aliphatic heterocycles. The van der Waals surface area contributed by atoms with E-state index >= 15 is 0 Å². The van der Waals surface area contributed by atoms with Crippen LogP contribution in [0.5, 0.6) is 5.75 Å². The van der Waals surface area contributed by atoms with Crippen LogP contribution in [0.2, 0.25) is 0 Å². The second-order valence-electron chi connectivity index (χ2n) is 7.27. The monoisotopic (exact) mass is 360 g/mol. The minimum absolute atomic E-state index is 0.164. The van der Waals surface area contributed by atoms with E-state index in [1.54, 1.807) is 0 Å². The predicted molar refractivity (Wildman–Crippen MR) is 108 cm³/mol. The maximum Gasteiger partial charge on any atom is 0.254 e. The van der Waals surface area contributed by atoms with E-state index in [4.69, 9.17) is 4.74 Å². The zero-order valence-electron chi connectivity index (χ0n) is 16.9. The van der Waals surface area contributed by atoms with Crippen molar-refractivity contribution in [2.24, 2.45) is 0 Å². The average Bonchev–Trinajstić information content (AvgIpc) is 3.13. The fourth-order valence-corrected chi connectivity index (χ4v) is 3.69. The summed E-state index contributed by atoms with van der Waals surface area (Å²) in [5.74, 6) is 1.02. The van der Waals surface area contributed by atoms with Crippen molar-refractivity contribution >= 4 is 5.91 Å². The van der Waals surface area contributed by atoms with E-state index in [0.29, 0.717) is 6.04 Å². The van der Waals surface area contributed by atoms with Gasteiger partial charge in [0.2, 0.25) is 0 Å². The highest BCUT2D eigenvalue weighted by Crippen LogP contribution is 2.22. The summed E-state index contributed by atoms with van der Waals surface area (Å²) in [6.07, 6.45) is 6.86. The standard InChI is InChI=1S/C22H36N2O2/c1-4-7-8-17-26-21-13-11-19(12-14-21)22(25)24-16-9-10-20(24)18-23(6-3)15-5-2/h11-14,20H,4-10,15-18H2,1-3H3. The Morgan fingerprint density at radius 1 is 1.15 bits per heavy atom. The van der Waals surface area contributed by atoms with Crippen molar-refractivity contribution < 1.29 is 9.53 Å². The van der Waals surface area contributed by atoms with Crippen molar-refractivity contribution in [1.29, 1.82) is 0 Å². The lowest BCUT2D eigenvalue weighted by atomic mass is 10.1. The van der Waals surface area contributed by atoms with Gasteiger partial charge >= 0.3 is 0 Å². The molecular formula is C22H36N2O2. The molecule has 1 atom stereocenters. The summed E-state index contributed by atoms with van der Waals surface area (Å²) >= 11 is 0. The summed E-state index contributed by atoms with van der Waals surface area (Å²) in [5, 5.41) is 0. The Bertz CT molecular complexity index is 529. The van der Waals surface area contributed by atoms with Gasteiger partial charge in [0, 0.05) is 24.7 Å². The Morgan fingerprint density at radius 3 is 2.58 bits per heavy atom. The van der Waals surface area contributed by atoms with Crippen LogP contribution in [0.15, 0.2) is 24.3 Å². The van der Waals surface area contributed by atoms with Gasteiger partial charge in [-0.2, -0.15) is 0 Å². The average molecular weight is 361 g/mol. The lowest BCUT2D eigenvalue weighted by Gasteiger charge is -2.30. The largest absolute Gasteiger partial charge is 0.494 e. The van der Waals surface area contributed by atoms with Crippen LogP contribution in [0.4, 0.5) is 0 Å². The third-order valence-electron chi connectivity index (χ3n) is 5.21. The quantitative estimate of drug-likeness (QED) is 0.541. The molecule has 2 rings (SSSR count). The van der Waals surface area contributed by atoms with Crippen LogP contribution >= 0.6 is 0 Å². The highest BCUT2D eigenvalue weighted by atomic mass is 16.5. The number of amides is 1. The smallest absolute Gasteiger partial charge is 0.254 e. The van der Waals surface area contributed by atoms with Gasteiger partial charge in [0.05, 0.1) is 6.61 Å². The van der Waals surface area contributed by atoms with Crippen LogP contribution in [0.1, 0.15) is 69.7 Å². The van der Waals surface area contributed by atoms with Crippen molar-refractivity contribution in [3.05, 3.63) is 29.8 Å². The molecule has 1 unspecified atom stereocenters. The first-order valence-corrected chi connectivity index (χ1v) is 10.5. The number of rotatable bonds is 11. The number of nitrogens with zero attached hydrogens (tertiary/aromatic N) is 2. The van der Waals surface area contributed by atoms with E-state index in [0.717, 1.165) is 69.8 Å². The fourth-order valence-electron chi connectivity index (χ4n) is 3.69. The van der Waals surface area contributed by atoms with Gasteiger partial charge in [-0.1, -0.05) is 33.6 Å². The number of unbranched alkanes of at least 4 members (excludes halogenated alkanes) is 2. The molecule has 1 aromatic rings. The lowest BCUT2D eigenvalue weighted by molar-refractivity contribution is 0.0702. The fraction of sp³-hybridized carbons (Fsp3) is 0.682. The number of carbonyl (C=O) groups excluding carboxylic acids is 1. The Morgan fingerprint density at radius 2 is 1.92 bits per heavy atom. The predicted octanol–water partition coefficient (Wildman–Crippen LogP) is 4.59. The molecule has 1 aromatic carbocycles. The van der Waals surface area contributed by atoms with E-state index in [2.05, 4.69) is 30.6 Å². The lowest BCUT2D eigenvalue weighted by Crippen LogP contribution is -2.43. The topological polar surface area (TPSA) is 32.8 Å². The van der Waals surface area contributed by atoms with E-state index < -0.39 is 0 Å². The van der Waals surface area contributed by atoms with E-state index in [-0.39, 0.29) is 5.91 Å². The zero-order chi connectivity index (χ0) is 18.8. The van der Waals surface area contributed by atoms with Gasteiger partial charge in [-0.3, -0.25) is 4.79 Å². The zero-order valence-corrected chi connectivity index (χ0v) is 16.9. The summed E-state index contributed by atoms with van der Waals surface area (Å²) in [7, 11) is 0.